The molecule has 40 heavy (non-hydrogen) atoms. The van der Waals surface area contributed by atoms with Gasteiger partial charge in [0.2, 0.25) is 0 Å². The van der Waals surface area contributed by atoms with Gasteiger partial charge in [0.25, 0.3) is 5.56 Å². The lowest BCUT2D eigenvalue weighted by Gasteiger charge is -2.27. The van der Waals surface area contributed by atoms with Gasteiger partial charge in [-0.25, -0.2) is 9.59 Å². The number of fused-ring (bicyclic) bond motifs is 1. The maximum atomic E-state index is 13.7. The van der Waals surface area contributed by atoms with Gasteiger partial charge >= 0.3 is 11.9 Å². The molecule has 2 aromatic carbocycles. The Morgan fingerprint density at radius 2 is 1.38 bits per heavy atom. The zero-order chi connectivity index (χ0) is 29.1. The third-order valence-corrected chi connectivity index (χ3v) is 8.08. The second-order valence-corrected chi connectivity index (χ2v) is 11.3. The average Bonchev–Trinajstić information content (AvgIpc) is 3.24. The quantitative estimate of drug-likeness (QED) is 0.415. The van der Waals surface area contributed by atoms with E-state index >= 15 is 0 Å². The van der Waals surface area contributed by atoms with E-state index in [4.69, 9.17) is 15.2 Å². The van der Waals surface area contributed by atoms with Crippen LogP contribution in [0.3, 0.4) is 0 Å². The van der Waals surface area contributed by atoms with Crippen LogP contribution in [-0.4, -0.2) is 29.7 Å². The third-order valence-electron chi connectivity index (χ3n) is 6.98. The van der Waals surface area contributed by atoms with Crippen LogP contribution in [0, 0.1) is 0 Å². The molecule has 0 radical (unpaired) electrons. The summed E-state index contributed by atoms with van der Waals surface area (Å²) in [6.07, 6.45) is 1.77. The van der Waals surface area contributed by atoms with Gasteiger partial charge in [-0.1, -0.05) is 76.2 Å². The minimum Gasteiger partial charge on any atom is -0.463 e. The number of aromatic nitrogens is 1. The van der Waals surface area contributed by atoms with Crippen LogP contribution in [0.4, 0.5) is 0 Å². The standard InChI is InChI=1S/C32H36N2O5S/c1-7-38-31(36)26-25(23-15-13-22(14-16-23)19(5)6)27(32(37)39-8-2)30-34(28(26)33)29(35)24(40-30)17-20-9-11-21(12-10-20)18(3)4/h9-19,25H,7-8,33H2,1-6H3/b24-17+/t25-/m0/s1. The molecule has 0 aliphatic carbocycles. The summed E-state index contributed by atoms with van der Waals surface area (Å²) >= 11 is 1.16. The Balaban J connectivity index is 2.04. The Kier molecular flexibility index (Phi) is 8.79. The number of ether oxygens (including phenoxy) is 2. The number of hydrogen-bond acceptors (Lipinski definition) is 7. The fourth-order valence-electron chi connectivity index (χ4n) is 4.80. The summed E-state index contributed by atoms with van der Waals surface area (Å²) in [5.74, 6) is -1.52. The molecule has 7 nitrogen and oxygen atoms in total. The summed E-state index contributed by atoms with van der Waals surface area (Å²) < 4.78 is 12.8. The summed E-state index contributed by atoms with van der Waals surface area (Å²) in [7, 11) is 0. The van der Waals surface area contributed by atoms with Crippen molar-refractivity contribution < 1.29 is 19.1 Å². The molecular formula is C32H36N2O5S. The van der Waals surface area contributed by atoms with Crippen molar-refractivity contribution in [2.45, 2.75) is 59.3 Å². The SMILES string of the molecule is CCOC(=O)C1=C(N)n2c(s/c(=C/c3ccc(C(C)C)cc3)c2=O)=C(C(=O)OCC)[C@H]1c1ccc(C(C)C)cc1. The number of carbonyl (C=O) groups is 2. The van der Waals surface area contributed by atoms with E-state index in [1.807, 2.05) is 48.5 Å². The molecule has 0 amide bonds. The van der Waals surface area contributed by atoms with Crippen LogP contribution in [0.25, 0.3) is 17.5 Å². The number of carbonyl (C=O) groups excluding carboxylic acids is 2. The number of nitrogens with two attached hydrogens (primary N) is 1. The molecule has 1 aliphatic heterocycles. The largest absolute Gasteiger partial charge is 0.463 e. The van der Waals surface area contributed by atoms with Crippen molar-refractivity contribution in [3.8, 4) is 0 Å². The van der Waals surface area contributed by atoms with Crippen molar-refractivity contribution in [2.75, 3.05) is 13.2 Å². The van der Waals surface area contributed by atoms with Crippen LogP contribution in [0.2, 0.25) is 0 Å². The Labute approximate surface area is 238 Å². The van der Waals surface area contributed by atoms with Crippen LogP contribution in [0.1, 0.15) is 81.5 Å². The molecule has 0 saturated carbocycles. The highest BCUT2D eigenvalue weighted by Gasteiger charge is 2.40. The fraction of sp³-hybridized carbons (Fsp3) is 0.344. The maximum Gasteiger partial charge on any atom is 0.338 e. The van der Waals surface area contributed by atoms with Gasteiger partial charge < -0.3 is 15.2 Å². The number of hydrogen-bond donors (Lipinski definition) is 1. The molecule has 1 aliphatic rings. The number of nitrogens with zero attached hydrogens (tertiary/aromatic N) is 1. The fourth-order valence-corrected chi connectivity index (χ4v) is 5.96. The third kappa shape index (κ3) is 5.54. The Hall–Kier alpha value is -3.91. The topological polar surface area (TPSA) is 101 Å². The van der Waals surface area contributed by atoms with E-state index in [-0.39, 0.29) is 30.2 Å². The number of benzene rings is 2. The second kappa shape index (κ2) is 12.1. The van der Waals surface area contributed by atoms with Crippen LogP contribution < -0.4 is 20.5 Å². The van der Waals surface area contributed by atoms with E-state index in [2.05, 4.69) is 27.7 Å². The Morgan fingerprint density at radius 3 is 1.88 bits per heavy atom. The molecule has 0 saturated heterocycles. The second-order valence-electron chi connectivity index (χ2n) is 10.3. The first-order valence-electron chi connectivity index (χ1n) is 13.6. The van der Waals surface area contributed by atoms with Gasteiger partial charge in [-0.3, -0.25) is 9.36 Å². The minimum atomic E-state index is -0.865. The maximum absolute atomic E-state index is 13.7. The van der Waals surface area contributed by atoms with Gasteiger partial charge in [0, 0.05) is 0 Å². The highest BCUT2D eigenvalue weighted by molar-refractivity contribution is 7.07. The monoisotopic (exact) mass is 560 g/mol. The molecule has 0 bridgehead atoms. The van der Waals surface area contributed by atoms with Crippen LogP contribution in [0.5, 0.6) is 0 Å². The van der Waals surface area contributed by atoms with E-state index < -0.39 is 23.4 Å². The normalized spacial score (nSPS) is 15.6. The molecule has 1 atom stereocenters. The lowest BCUT2D eigenvalue weighted by atomic mass is 9.82. The molecule has 3 aromatic rings. The van der Waals surface area contributed by atoms with E-state index in [1.54, 1.807) is 19.9 Å². The van der Waals surface area contributed by atoms with E-state index in [1.165, 1.54) is 10.1 Å². The van der Waals surface area contributed by atoms with Crippen LogP contribution in [0.15, 0.2) is 58.9 Å². The summed E-state index contributed by atoms with van der Waals surface area (Å²) in [5, 5.41) is 0. The zero-order valence-electron chi connectivity index (χ0n) is 23.8. The van der Waals surface area contributed by atoms with Crippen LogP contribution in [-0.2, 0) is 19.1 Å². The zero-order valence-corrected chi connectivity index (χ0v) is 24.6. The Morgan fingerprint density at radius 1 is 0.875 bits per heavy atom. The van der Waals surface area contributed by atoms with Gasteiger partial charge in [0.1, 0.15) is 10.5 Å². The molecular weight excluding hydrogens is 524 g/mol. The molecule has 8 heteroatoms. The summed E-state index contributed by atoms with van der Waals surface area (Å²) in [6, 6.07) is 15.7. The van der Waals surface area contributed by atoms with E-state index in [0.717, 1.165) is 22.5 Å². The lowest BCUT2D eigenvalue weighted by molar-refractivity contribution is -0.138. The van der Waals surface area contributed by atoms with Crippen molar-refractivity contribution in [2.24, 2.45) is 5.73 Å². The number of rotatable bonds is 8. The van der Waals surface area contributed by atoms with E-state index in [0.29, 0.717) is 26.6 Å². The van der Waals surface area contributed by atoms with Crippen molar-refractivity contribution in [1.82, 2.24) is 4.57 Å². The first kappa shape index (κ1) is 29.1. The predicted octanol–water partition coefficient (Wildman–Crippen LogP) is 4.19. The van der Waals surface area contributed by atoms with Gasteiger partial charge in [-0.05, 0) is 54.0 Å². The van der Waals surface area contributed by atoms with Gasteiger partial charge in [0.05, 0.1) is 34.8 Å². The van der Waals surface area contributed by atoms with Crippen molar-refractivity contribution in [1.29, 1.82) is 0 Å². The smallest absolute Gasteiger partial charge is 0.338 e. The molecule has 0 spiro atoms. The predicted molar refractivity (Wildman–Crippen MR) is 159 cm³/mol. The molecule has 0 unspecified atom stereocenters. The summed E-state index contributed by atoms with van der Waals surface area (Å²) in [6.45, 7) is 12.1. The molecule has 2 heterocycles. The first-order chi connectivity index (χ1) is 19.1. The van der Waals surface area contributed by atoms with Crippen molar-refractivity contribution in [3.05, 3.63) is 95.9 Å². The number of thiazole rings is 1. The molecule has 4 rings (SSSR count). The molecule has 0 fully saturated rings. The van der Waals surface area contributed by atoms with Crippen LogP contribution >= 0.6 is 11.3 Å². The molecule has 1 aromatic heterocycles. The minimum absolute atomic E-state index is 0.0439. The summed E-state index contributed by atoms with van der Waals surface area (Å²) in [4.78, 5) is 40.6. The first-order valence-corrected chi connectivity index (χ1v) is 14.4. The summed E-state index contributed by atoms with van der Waals surface area (Å²) in [5.41, 5.74) is 10.2. The lowest BCUT2D eigenvalue weighted by Crippen LogP contribution is -2.42. The van der Waals surface area contributed by atoms with Gasteiger partial charge in [-0.2, -0.15) is 0 Å². The highest BCUT2D eigenvalue weighted by atomic mass is 32.1. The molecule has 210 valence electrons. The van der Waals surface area contributed by atoms with Crippen molar-refractivity contribution in [3.63, 3.8) is 0 Å². The highest BCUT2D eigenvalue weighted by Crippen LogP contribution is 2.38. The Bertz CT molecular complexity index is 1620. The molecule has 2 N–H and O–H groups in total. The van der Waals surface area contributed by atoms with Gasteiger partial charge in [0.15, 0.2) is 0 Å². The van der Waals surface area contributed by atoms with Gasteiger partial charge in [-0.15, -0.1) is 11.3 Å². The van der Waals surface area contributed by atoms with Crippen molar-refractivity contribution >= 4 is 40.7 Å². The average molecular weight is 561 g/mol. The van der Waals surface area contributed by atoms with E-state index in [9.17, 15) is 14.4 Å². The number of esters is 2.